The molecule has 6 heteroatoms. The Balaban J connectivity index is 2.17. The van der Waals surface area contributed by atoms with Crippen molar-refractivity contribution in [2.75, 3.05) is 18.0 Å². The third kappa shape index (κ3) is 3.56. The highest BCUT2D eigenvalue weighted by atomic mass is 32.2. The summed E-state index contributed by atoms with van der Waals surface area (Å²) in [6.45, 7) is 2.68. The Kier molecular flexibility index (Phi) is 4.88. The van der Waals surface area contributed by atoms with Crippen molar-refractivity contribution >= 4 is 21.4 Å². The van der Waals surface area contributed by atoms with Crippen molar-refractivity contribution in [2.24, 2.45) is 0 Å². The van der Waals surface area contributed by atoms with Gasteiger partial charge in [0.15, 0.2) is 9.84 Å². The van der Waals surface area contributed by atoms with Gasteiger partial charge in [0.1, 0.15) is 5.25 Å². The second-order valence-corrected chi connectivity index (χ2v) is 7.71. The van der Waals surface area contributed by atoms with Crippen molar-refractivity contribution in [1.82, 2.24) is 4.90 Å². The van der Waals surface area contributed by atoms with Gasteiger partial charge in [0.25, 0.3) is 0 Å². The van der Waals surface area contributed by atoms with E-state index in [0.29, 0.717) is 31.6 Å². The van der Waals surface area contributed by atoms with E-state index in [4.69, 9.17) is 5.73 Å². The molecule has 1 saturated heterocycles. The van der Waals surface area contributed by atoms with Crippen LogP contribution in [-0.4, -0.2) is 36.8 Å². The van der Waals surface area contributed by atoms with E-state index in [0.717, 1.165) is 12.0 Å². The van der Waals surface area contributed by atoms with Gasteiger partial charge in [-0.3, -0.25) is 4.79 Å². The van der Waals surface area contributed by atoms with Gasteiger partial charge in [0.05, 0.1) is 5.75 Å². The number of carbonyl (C=O) groups is 1. The third-order valence-corrected chi connectivity index (χ3v) is 6.13. The molecule has 1 aliphatic rings. The van der Waals surface area contributed by atoms with Crippen molar-refractivity contribution in [3.05, 3.63) is 29.8 Å². The Morgan fingerprint density at radius 3 is 2.67 bits per heavy atom. The van der Waals surface area contributed by atoms with E-state index in [9.17, 15) is 13.2 Å². The molecular formula is C15H22N2O3S. The second-order valence-electron chi connectivity index (χ2n) is 5.40. The molecule has 1 heterocycles. The monoisotopic (exact) mass is 310 g/mol. The van der Waals surface area contributed by atoms with E-state index in [-0.39, 0.29) is 11.7 Å². The van der Waals surface area contributed by atoms with Crippen LogP contribution in [0.15, 0.2) is 24.3 Å². The fourth-order valence-electron chi connectivity index (χ4n) is 2.66. The maximum atomic E-state index is 12.6. The normalized spacial score (nSPS) is 20.9. The molecule has 0 radical (unpaired) electrons. The van der Waals surface area contributed by atoms with Crippen LogP contribution in [-0.2, 0) is 21.2 Å². The van der Waals surface area contributed by atoms with Crippen LogP contribution in [0.3, 0.4) is 0 Å². The number of hydrogen-bond acceptors (Lipinski definition) is 4. The predicted octanol–water partition coefficient (Wildman–Crippen LogP) is 1.58. The summed E-state index contributed by atoms with van der Waals surface area (Å²) in [6, 6.07) is 7.34. The highest BCUT2D eigenvalue weighted by molar-refractivity contribution is 7.92. The van der Waals surface area contributed by atoms with E-state index < -0.39 is 15.1 Å². The summed E-state index contributed by atoms with van der Waals surface area (Å²) in [5.41, 5.74) is 7.37. The number of para-hydroxylation sites is 1. The number of amides is 1. The average Bonchev–Trinajstić information content (AvgIpc) is 2.45. The topological polar surface area (TPSA) is 80.5 Å². The summed E-state index contributed by atoms with van der Waals surface area (Å²) < 4.78 is 24.2. The molecule has 0 spiro atoms. The van der Waals surface area contributed by atoms with E-state index in [1.807, 2.05) is 25.1 Å². The van der Waals surface area contributed by atoms with Crippen LogP contribution in [0.4, 0.5) is 5.69 Å². The number of nitrogens with two attached hydrogens (primary N) is 1. The van der Waals surface area contributed by atoms with Gasteiger partial charge in [0.2, 0.25) is 5.91 Å². The van der Waals surface area contributed by atoms with Crippen LogP contribution in [0.25, 0.3) is 0 Å². The molecular weight excluding hydrogens is 288 g/mol. The minimum absolute atomic E-state index is 0.119. The zero-order valence-electron chi connectivity index (χ0n) is 12.3. The number of sulfone groups is 1. The summed E-state index contributed by atoms with van der Waals surface area (Å²) in [6.07, 6.45) is 1.88. The average molecular weight is 310 g/mol. The van der Waals surface area contributed by atoms with E-state index in [1.165, 1.54) is 0 Å². The fourth-order valence-corrected chi connectivity index (χ4v) is 4.54. The number of nitrogens with zero attached hydrogens (tertiary/aromatic N) is 1. The van der Waals surface area contributed by atoms with Crippen molar-refractivity contribution in [3.63, 3.8) is 0 Å². The minimum atomic E-state index is -3.30. The molecule has 1 amide bonds. The summed E-state index contributed by atoms with van der Waals surface area (Å²) in [4.78, 5) is 14.1. The smallest absolute Gasteiger partial charge is 0.241 e. The lowest BCUT2D eigenvalue weighted by molar-refractivity contribution is -0.131. The highest BCUT2D eigenvalue weighted by Gasteiger charge is 2.37. The van der Waals surface area contributed by atoms with Gasteiger partial charge in [0, 0.05) is 18.8 Å². The van der Waals surface area contributed by atoms with Crippen LogP contribution >= 0.6 is 0 Å². The summed E-state index contributed by atoms with van der Waals surface area (Å²) in [5, 5.41) is -0.879. The summed E-state index contributed by atoms with van der Waals surface area (Å²) in [7, 11) is -3.30. The van der Waals surface area contributed by atoms with Gasteiger partial charge in [-0.2, -0.15) is 0 Å². The van der Waals surface area contributed by atoms with E-state index in [1.54, 1.807) is 11.0 Å². The number of nitrogen functional groups attached to an aromatic ring is 1. The van der Waals surface area contributed by atoms with Crippen LogP contribution in [0, 0.1) is 0 Å². The first-order chi connectivity index (χ1) is 9.95. The van der Waals surface area contributed by atoms with Crippen LogP contribution in [0.2, 0.25) is 0 Å². The molecule has 1 fully saturated rings. The third-order valence-electron chi connectivity index (χ3n) is 3.96. The number of hydrogen-bond donors (Lipinski definition) is 1. The Morgan fingerprint density at radius 1 is 1.33 bits per heavy atom. The minimum Gasteiger partial charge on any atom is -0.398 e. The van der Waals surface area contributed by atoms with Crippen LogP contribution in [0.1, 0.15) is 31.7 Å². The molecule has 2 rings (SSSR count). The quantitative estimate of drug-likeness (QED) is 0.856. The molecule has 1 aromatic rings. The molecule has 5 nitrogen and oxygen atoms in total. The van der Waals surface area contributed by atoms with Gasteiger partial charge >= 0.3 is 0 Å². The first-order valence-corrected chi connectivity index (χ1v) is 9.01. The number of benzene rings is 1. The first-order valence-electron chi connectivity index (χ1n) is 7.29. The van der Waals surface area contributed by atoms with Crippen molar-refractivity contribution < 1.29 is 13.2 Å². The molecule has 1 aromatic carbocycles. The number of anilines is 1. The van der Waals surface area contributed by atoms with Crippen molar-refractivity contribution in [1.29, 1.82) is 0 Å². The molecule has 1 atom stereocenters. The van der Waals surface area contributed by atoms with Crippen molar-refractivity contribution in [3.8, 4) is 0 Å². The number of rotatable bonds is 4. The number of carbonyl (C=O) groups excluding carboxylic acids is 1. The molecule has 0 saturated carbocycles. The van der Waals surface area contributed by atoms with Crippen molar-refractivity contribution in [2.45, 2.75) is 38.0 Å². The lowest BCUT2D eigenvalue weighted by Gasteiger charge is -2.28. The van der Waals surface area contributed by atoms with Gasteiger partial charge in [-0.1, -0.05) is 24.6 Å². The largest absolute Gasteiger partial charge is 0.398 e. The first kappa shape index (κ1) is 15.8. The van der Waals surface area contributed by atoms with Crippen LogP contribution in [0.5, 0.6) is 0 Å². The molecule has 0 bridgehead atoms. The Hall–Kier alpha value is -1.56. The lowest BCUT2D eigenvalue weighted by atomic mass is 10.1. The van der Waals surface area contributed by atoms with Gasteiger partial charge in [-0.05, 0) is 31.4 Å². The summed E-state index contributed by atoms with van der Waals surface area (Å²) >= 11 is 0. The molecule has 1 aliphatic heterocycles. The fraction of sp³-hybridized carbons (Fsp3) is 0.533. The SMILES string of the molecule is CCN(Cc1ccccc1N)C(=O)C1CCCCS1(=O)=O. The second kappa shape index (κ2) is 6.47. The molecule has 0 aliphatic carbocycles. The maximum Gasteiger partial charge on any atom is 0.241 e. The van der Waals surface area contributed by atoms with E-state index >= 15 is 0 Å². The van der Waals surface area contributed by atoms with Gasteiger partial charge in [-0.25, -0.2) is 8.42 Å². The highest BCUT2D eigenvalue weighted by Crippen LogP contribution is 2.23. The standard InChI is InChI=1S/C15H22N2O3S/c1-2-17(11-12-7-3-4-8-13(12)16)15(18)14-9-5-6-10-21(14,19)20/h3-4,7-8,14H,2,5-6,9-11,16H2,1H3. The Bertz CT molecular complexity index is 613. The molecule has 0 aromatic heterocycles. The van der Waals surface area contributed by atoms with E-state index in [2.05, 4.69) is 0 Å². The Morgan fingerprint density at radius 2 is 2.05 bits per heavy atom. The molecule has 21 heavy (non-hydrogen) atoms. The van der Waals surface area contributed by atoms with Crippen LogP contribution < -0.4 is 5.73 Å². The molecule has 1 unspecified atom stereocenters. The maximum absolute atomic E-state index is 12.6. The molecule has 116 valence electrons. The zero-order chi connectivity index (χ0) is 15.5. The molecule has 2 N–H and O–H groups in total. The predicted molar refractivity (Wildman–Crippen MR) is 83.4 cm³/mol. The summed E-state index contributed by atoms with van der Waals surface area (Å²) in [5.74, 6) is -0.172. The lowest BCUT2D eigenvalue weighted by Crippen LogP contribution is -2.45. The van der Waals surface area contributed by atoms with Gasteiger partial charge < -0.3 is 10.6 Å². The zero-order valence-corrected chi connectivity index (χ0v) is 13.1. The van der Waals surface area contributed by atoms with Gasteiger partial charge in [-0.15, -0.1) is 0 Å². The Labute approximate surface area is 126 Å².